The third-order valence-corrected chi connectivity index (χ3v) is 5.17. The van der Waals surface area contributed by atoms with E-state index in [4.69, 9.17) is 15.2 Å². The standard InChI is InChI=1S/C25H22N4O5/c1-33-22-10-6-5-9-19(22)24(31)27-16-11-13-18(14-12-16)34-25(32)20-15-21(23(26)30)29(28-20)17-7-3-2-4-8-17/h2-14,21H,15H2,1H3,(H2,26,30)(H,27,31). The zero-order valence-electron chi connectivity index (χ0n) is 18.3. The van der Waals surface area contributed by atoms with Gasteiger partial charge in [0.05, 0.1) is 18.4 Å². The molecule has 4 rings (SSSR count). The van der Waals surface area contributed by atoms with Crippen LogP contribution >= 0.6 is 0 Å². The zero-order valence-corrected chi connectivity index (χ0v) is 18.3. The Kier molecular flexibility index (Phi) is 6.54. The van der Waals surface area contributed by atoms with Crippen LogP contribution in [0.5, 0.6) is 11.5 Å². The number of hydrogen-bond acceptors (Lipinski definition) is 7. The fraction of sp³-hybridized carbons (Fsp3) is 0.120. The van der Waals surface area contributed by atoms with E-state index in [1.807, 2.05) is 6.07 Å². The molecule has 0 bridgehead atoms. The van der Waals surface area contributed by atoms with E-state index in [9.17, 15) is 14.4 Å². The molecule has 1 heterocycles. The molecule has 0 spiro atoms. The van der Waals surface area contributed by atoms with Crippen molar-refractivity contribution in [2.45, 2.75) is 12.5 Å². The number of nitrogens with zero attached hydrogens (tertiary/aromatic N) is 2. The van der Waals surface area contributed by atoms with Crippen LogP contribution in [0.3, 0.4) is 0 Å². The Balaban J connectivity index is 1.43. The quantitative estimate of drug-likeness (QED) is 0.414. The molecule has 0 saturated carbocycles. The maximum atomic E-state index is 12.7. The largest absolute Gasteiger partial charge is 0.496 e. The van der Waals surface area contributed by atoms with Gasteiger partial charge in [0.1, 0.15) is 23.3 Å². The van der Waals surface area contributed by atoms with E-state index in [1.54, 1.807) is 72.8 Å². The lowest BCUT2D eigenvalue weighted by Gasteiger charge is -2.20. The summed E-state index contributed by atoms with van der Waals surface area (Å²) in [6.07, 6.45) is 0.0378. The van der Waals surface area contributed by atoms with Crippen LogP contribution in [0.15, 0.2) is 84.0 Å². The van der Waals surface area contributed by atoms with E-state index in [-0.39, 0.29) is 23.8 Å². The molecule has 0 aromatic heterocycles. The average Bonchev–Trinajstić information content (AvgIpc) is 3.32. The van der Waals surface area contributed by atoms with Crippen LogP contribution < -0.4 is 25.5 Å². The van der Waals surface area contributed by atoms with E-state index in [0.717, 1.165) is 0 Å². The summed E-state index contributed by atoms with van der Waals surface area (Å²) >= 11 is 0. The second kappa shape index (κ2) is 9.86. The fourth-order valence-corrected chi connectivity index (χ4v) is 3.48. The van der Waals surface area contributed by atoms with Crippen molar-refractivity contribution < 1.29 is 23.9 Å². The van der Waals surface area contributed by atoms with Crippen molar-refractivity contribution in [3.8, 4) is 11.5 Å². The average molecular weight is 458 g/mol. The Morgan fingerprint density at radius 2 is 1.65 bits per heavy atom. The topological polar surface area (TPSA) is 123 Å². The summed E-state index contributed by atoms with van der Waals surface area (Å²) in [6, 6.07) is 21.4. The van der Waals surface area contributed by atoms with Crippen molar-refractivity contribution in [3.63, 3.8) is 0 Å². The number of nitrogens with two attached hydrogens (primary N) is 1. The minimum absolute atomic E-state index is 0.0378. The molecule has 0 fully saturated rings. The number of carbonyl (C=O) groups is 3. The van der Waals surface area contributed by atoms with Crippen LogP contribution in [0, 0.1) is 0 Å². The SMILES string of the molecule is COc1ccccc1C(=O)Nc1ccc(OC(=O)C2=NN(c3ccccc3)C(C(N)=O)C2)cc1. The summed E-state index contributed by atoms with van der Waals surface area (Å²) in [5.74, 6) is -0.888. The lowest BCUT2D eigenvalue weighted by Crippen LogP contribution is -2.39. The van der Waals surface area contributed by atoms with Crippen LogP contribution in [0.2, 0.25) is 0 Å². The van der Waals surface area contributed by atoms with Crippen LogP contribution in [0.1, 0.15) is 16.8 Å². The molecule has 9 nitrogen and oxygen atoms in total. The number of hydrogen-bond donors (Lipinski definition) is 2. The normalized spacial score (nSPS) is 14.8. The molecule has 3 aromatic carbocycles. The van der Waals surface area contributed by atoms with E-state index in [2.05, 4.69) is 10.4 Å². The molecule has 0 aliphatic carbocycles. The number of hydrazone groups is 1. The molecule has 3 aromatic rings. The predicted octanol–water partition coefficient (Wildman–Crippen LogP) is 2.97. The van der Waals surface area contributed by atoms with Crippen molar-refractivity contribution >= 4 is 34.9 Å². The zero-order chi connectivity index (χ0) is 24.1. The van der Waals surface area contributed by atoms with E-state index < -0.39 is 17.9 Å². The first kappa shape index (κ1) is 22.5. The number of methoxy groups -OCH3 is 1. The molecule has 0 radical (unpaired) electrons. The first-order valence-corrected chi connectivity index (χ1v) is 10.4. The number of carbonyl (C=O) groups excluding carboxylic acids is 3. The molecule has 9 heteroatoms. The van der Waals surface area contributed by atoms with Crippen LogP contribution in [0.25, 0.3) is 0 Å². The van der Waals surface area contributed by atoms with Gasteiger partial charge in [-0.05, 0) is 48.5 Å². The van der Waals surface area contributed by atoms with Gasteiger partial charge < -0.3 is 20.5 Å². The molecular formula is C25H22N4O5. The fourth-order valence-electron chi connectivity index (χ4n) is 3.48. The lowest BCUT2D eigenvalue weighted by molar-refractivity contribution is -0.127. The monoisotopic (exact) mass is 458 g/mol. The molecule has 2 amide bonds. The number of nitrogens with one attached hydrogen (secondary N) is 1. The van der Waals surface area contributed by atoms with Crippen molar-refractivity contribution in [2.75, 3.05) is 17.4 Å². The number of esters is 1. The Morgan fingerprint density at radius 1 is 0.971 bits per heavy atom. The van der Waals surface area contributed by atoms with Crippen LogP contribution in [-0.2, 0) is 9.59 Å². The third-order valence-electron chi connectivity index (χ3n) is 5.17. The molecule has 1 unspecified atom stereocenters. The van der Waals surface area contributed by atoms with E-state index in [0.29, 0.717) is 22.7 Å². The highest BCUT2D eigenvalue weighted by Crippen LogP contribution is 2.26. The number of benzene rings is 3. The number of para-hydroxylation sites is 2. The summed E-state index contributed by atoms with van der Waals surface area (Å²) in [5, 5.41) is 8.47. The number of rotatable bonds is 7. The summed E-state index contributed by atoms with van der Waals surface area (Å²) in [4.78, 5) is 37.1. The van der Waals surface area contributed by atoms with Gasteiger partial charge in [-0.1, -0.05) is 30.3 Å². The summed E-state index contributed by atoms with van der Waals surface area (Å²) < 4.78 is 10.6. The lowest BCUT2D eigenvalue weighted by atomic mass is 10.1. The molecular weight excluding hydrogens is 436 g/mol. The number of primary amides is 1. The second-order valence-corrected chi connectivity index (χ2v) is 7.42. The minimum Gasteiger partial charge on any atom is -0.496 e. The van der Waals surface area contributed by atoms with Gasteiger partial charge in [0, 0.05) is 12.1 Å². The maximum Gasteiger partial charge on any atom is 0.359 e. The maximum absolute atomic E-state index is 12.7. The molecule has 1 aliphatic heterocycles. The van der Waals surface area contributed by atoms with Gasteiger partial charge in [-0.15, -0.1) is 0 Å². The highest BCUT2D eigenvalue weighted by molar-refractivity contribution is 6.38. The predicted molar refractivity (Wildman–Crippen MR) is 127 cm³/mol. The van der Waals surface area contributed by atoms with Crippen LogP contribution in [0.4, 0.5) is 11.4 Å². The van der Waals surface area contributed by atoms with Gasteiger partial charge in [0.15, 0.2) is 0 Å². The van der Waals surface area contributed by atoms with Crippen molar-refractivity contribution in [1.29, 1.82) is 0 Å². The highest BCUT2D eigenvalue weighted by Gasteiger charge is 2.35. The van der Waals surface area contributed by atoms with E-state index in [1.165, 1.54) is 12.1 Å². The Bertz CT molecular complexity index is 1240. The smallest absolute Gasteiger partial charge is 0.359 e. The number of ether oxygens (including phenoxy) is 2. The molecule has 34 heavy (non-hydrogen) atoms. The summed E-state index contributed by atoms with van der Waals surface area (Å²) in [7, 11) is 1.49. The van der Waals surface area contributed by atoms with Crippen molar-refractivity contribution in [2.24, 2.45) is 10.8 Å². The molecule has 3 N–H and O–H groups in total. The van der Waals surface area contributed by atoms with Gasteiger partial charge in [0.2, 0.25) is 5.91 Å². The van der Waals surface area contributed by atoms with Gasteiger partial charge in [-0.25, -0.2) is 4.79 Å². The number of anilines is 2. The molecule has 1 atom stereocenters. The minimum atomic E-state index is -0.780. The number of amides is 2. The van der Waals surface area contributed by atoms with Gasteiger partial charge in [0.25, 0.3) is 5.91 Å². The molecule has 172 valence electrons. The Labute approximate surface area is 195 Å². The van der Waals surface area contributed by atoms with Gasteiger partial charge in [-0.3, -0.25) is 14.6 Å². The first-order valence-electron chi connectivity index (χ1n) is 10.4. The van der Waals surface area contributed by atoms with E-state index >= 15 is 0 Å². The second-order valence-electron chi connectivity index (χ2n) is 7.42. The van der Waals surface area contributed by atoms with Crippen molar-refractivity contribution in [3.05, 3.63) is 84.4 Å². The molecule has 0 saturated heterocycles. The highest BCUT2D eigenvalue weighted by atomic mass is 16.5. The Hall–Kier alpha value is -4.66. The van der Waals surface area contributed by atoms with Gasteiger partial charge in [-0.2, -0.15) is 5.10 Å². The summed E-state index contributed by atoms with van der Waals surface area (Å²) in [6.45, 7) is 0. The summed E-state index contributed by atoms with van der Waals surface area (Å²) in [5.41, 5.74) is 7.14. The molecule has 1 aliphatic rings. The van der Waals surface area contributed by atoms with Crippen molar-refractivity contribution in [1.82, 2.24) is 0 Å². The van der Waals surface area contributed by atoms with Gasteiger partial charge >= 0.3 is 5.97 Å². The Morgan fingerprint density at radius 3 is 2.32 bits per heavy atom. The first-order chi connectivity index (χ1) is 16.5. The third kappa shape index (κ3) is 4.88. The van der Waals surface area contributed by atoms with Crippen LogP contribution in [-0.4, -0.2) is 36.6 Å².